The molecule has 0 saturated heterocycles. The van der Waals surface area contributed by atoms with Crippen LogP contribution in [0.15, 0.2) is 30.3 Å². The van der Waals surface area contributed by atoms with Gasteiger partial charge in [0.1, 0.15) is 0 Å². The number of carbonyl (C=O) groups is 1. The number of alkyl halides is 5. The van der Waals surface area contributed by atoms with Crippen LogP contribution in [0.2, 0.25) is 7.87 Å². The number of halogens is 5. The molecule has 0 radical (unpaired) electrons. The first-order chi connectivity index (χ1) is 15.7. The zero-order chi connectivity index (χ0) is 23.7. The second-order valence-electron chi connectivity index (χ2n) is 10.2. The van der Waals surface area contributed by atoms with Crippen molar-refractivity contribution < 1.29 is 29.8 Å². The van der Waals surface area contributed by atoms with E-state index in [-0.39, 0.29) is 12.0 Å². The van der Waals surface area contributed by atoms with Crippen molar-refractivity contribution in [1.82, 2.24) is 0 Å². The summed E-state index contributed by atoms with van der Waals surface area (Å²) in [7, 11) is 0. The Labute approximate surface area is 197 Å². The van der Waals surface area contributed by atoms with Gasteiger partial charge in [0.2, 0.25) is 0 Å². The van der Waals surface area contributed by atoms with Gasteiger partial charge in [0, 0.05) is 0 Å². The van der Waals surface area contributed by atoms with Crippen LogP contribution < -0.4 is 0 Å². The molecular weight excluding hydrogens is 546 g/mol. The molecule has 0 N–H and O–H groups in total. The Morgan fingerprint density at radius 3 is 1.79 bits per heavy atom. The van der Waals surface area contributed by atoms with Crippen LogP contribution in [0.5, 0.6) is 0 Å². The van der Waals surface area contributed by atoms with E-state index in [1.165, 1.54) is 12.1 Å². The molecule has 1 aromatic carbocycles. The van der Waals surface area contributed by atoms with E-state index < -0.39 is 61.0 Å². The minimum atomic E-state index is -5.53. The maximum atomic E-state index is 17.2. The van der Waals surface area contributed by atoms with E-state index in [1.54, 1.807) is 18.2 Å². The molecule has 2 nitrogen and oxygen atoms in total. The van der Waals surface area contributed by atoms with E-state index in [4.69, 9.17) is 3.07 Å². The van der Waals surface area contributed by atoms with E-state index in [2.05, 4.69) is 0 Å². The third-order valence-electron chi connectivity index (χ3n) is 8.28. The van der Waals surface area contributed by atoms with Crippen LogP contribution in [0.1, 0.15) is 93.8 Å². The van der Waals surface area contributed by atoms with Gasteiger partial charge in [0.05, 0.1) is 0 Å². The molecular formula is C25H33F5O2Sn. The Morgan fingerprint density at radius 1 is 0.758 bits per heavy atom. The molecule has 33 heavy (non-hydrogen) atoms. The van der Waals surface area contributed by atoms with Gasteiger partial charge in [0.25, 0.3) is 0 Å². The second-order valence-corrected chi connectivity index (χ2v) is 22.2. The van der Waals surface area contributed by atoms with Crippen LogP contribution in [0.3, 0.4) is 0 Å². The SMILES string of the molecule is O=C([O][Sn]([CH]1CCCCC1)([CH]1CCCCC1)[C]1(F)CCCC(F)(F)C1(F)F)c1ccccc1. The fourth-order valence-corrected chi connectivity index (χ4v) is 25.7. The third kappa shape index (κ3) is 4.22. The van der Waals surface area contributed by atoms with Crippen molar-refractivity contribution in [2.45, 2.75) is 107 Å². The topological polar surface area (TPSA) is 26.3 Å². The Hall–Kier alpha value is -0.861. The van der Waals surface area contributed by atoms with Crippen molar-refractivity contribution >= 4 is 24.8 Å². The van der Waals surface area contributed by atoms with Gasteiger partial charge in [-0.3, -0.25) is 0 Å². The third-order valence-corrected chi connectivity index (χ3v) is 25.1. The molecule has 1 atom stereocenters. The summed E-state index contributed by atoms with van der Waals surface area (Å²) in [6.07, 6.45) is 4.70. The van der Waals surface area contributed by atoms with Gasteiger partial charge >= 0.3 is 197 Å². The predicted octanol–water partition coefficient (Wildman–Crippen LogP) is 8.16. The molecule has 1 aromatic rings. The normalized spacial score (nSPS) is 28.9. The number of carbonyl (C=O) groups excluding carboxylic acids is 1. The molecule has 1 unspecified atom stereocenters. The number of hydrogen-bond acceptors (Lipinski definition) is 2. The van der Waals surface area contributed by atoms with Crippen LogP contribution >= 0.6 is 0 Å². The summed E-state index contributed by atoms with van der Waals surface area (Å²) in [4.78, 5) is 13.3. The van der Waals surface area contributed by atoms with E-state index in [9.17, 15) is 13.6 Å². The van der Waals surface area contributed by atoms with Gasteiger partial charge in [0.15, 0.2) is 0 Å². The zero-order valence-corrected chi connectivity index (χ0v) is 21.8. The molecule has 0 aliphatic heterocycles. The average molecular weight is 579 g/mol. The Kier molecular flexibility index (Phi) is 7.38. The van der Waals surface area contributed by atoms with Crippen LogP contribution in [0.4, 0.5) is 22.0 Å². The van der Waals surface area contributed by atoms with Gasteiger partial charge in [-0.2, -0.15) is 0 Å². The summed E-state index contributed by atoms with van der Waals surface area (Å²) in [5, 5.41) is 0. The molecule has 4 rings (SSSR count). The van der Waals surface area contributed by atoms with Crippen molar-refractivity contribution in [3.8, 4) is 0 Å². The molecule has 3 saturated carbocycles. The molecule has 0 heterocycles. The quantitative estimate of drug-likeness (QED) is 0.260. The van der Waals surface area contributed by atoms with Crippen molar-refractivity contribution in [3.05, 3.63) is 35.9 Å². The summed E-state index contributed by atoms with van der Waals surface area (Å²) in [5.41, 5.74) is 0.166. The summed E-state index contributed by atoms with van der Waals surface area (Å²) in [6.45, 7) is 0. The average Bonchev–Trinajstić information content (AvgIpc) is 2.82. The number of benzene rings is 1. The first-order valence-corrected chi connectivity index (χ1v) is 18.3. The minimum absolute atomic E-state index is 0.166. The van der Waals surface area contributed by atoms with Gasteiger partial charge in [-0.15, -0.1) is 0 Å². The first kappa shape index (κ1) is 25.2. The standard InChI is InChI=1S/C7H6O2.C6H6F5.2C6H11.Sn/c8-7(9)6-4-2-1-3-5-6;7-4-2-1-3-5(8,9)6(4,10)11;2*1-2-4-6-5-3-1;/h1-5H,(H,8,9);1-3H2;2*1H,2-6H2;/q;;;;+1/p-1. The summed E-state index contributed by atoms with van der Waals surface area (Å²) in [6, 6.07) is 7.99. The van der Waals surface area contributed by atoms with Crippen molar-refractivity contribution in [3.63, 3.8) is 0 Å². The number of rotatable bonds is 5. The molecule has 3 aliphatic rings. The Morgan fingerprint density at radius 2 is 1.27 bits per heavy atom. The Bertz CT molecular complexity index is 803. The molecule has 0 spiro atoms. The molecule has 0 aromatic heterocycles. The van der Waals surface area contributed by atoms with E-state index in [1.807, 2.05) is 0 Å². The monoisotopic (exact) mass is 580 g/mol. The van der Waals surface area contributed by atoms with Crippen LogP contribution in [0.25, 0.3) is 0 Å². The number of hydrogen-bond donors (Lipinski definition) is 0. The molecule has 3 aliphatic carbocycles. The summed E-state index contributed by atoms with van der Waals surface area (Å²) < 4.78 is 79.6. The van der Waals surface area contributed by atoms with Crippen molar-refractivity contribution in [2.75, 3.05) is 0 Å². The molecule has 3 fully saturated rings. The van der Waals surface area contributed by atoms with Gasteiger partial charge in [-0.05, 0) is 0 Å². The van der Waals surface area contributed by atoms with Crippen LogP contribution in [-0.4, -0.2) is 40.3 Å². The predicted molar refractivity (Wildman–Crippen MR) is 119 cm³/mol. The van der Waals surface area contributed by atoms with Crippen molar-refractivity contribution in [2.24, 2.45) is 0 Å². The fraction of sp³-hybridized carbons (Fsp3) is 0.720. The molecule has 8 heteroatoms. The van der Waals surface area contributed by atoms with Gasteiger partial charge < -0.3 is 0 Å². The zero-order valence-electron chi connectivity index (χ0n) is 18.9. The Balaban J connectivity index is 1.89. The summed E-state index contributed by atoms with van der Waals surface area (Å²) >= 11 is -5.53. The van der Waals surface area contributed by atoms with Crippen molar-refractivity contribution in [1.29, 1.82) is 0 Å². The first-order valence-electron chi connectivity index (χ1n) is 12.4. The van der Waals surface area contributed by atoms with E-state index >= 15 is 13.2 Å². The molecule has 0 bridgehead atoms. The fourth-order valence-electron chi connectivity index (χ4n) is 6.68. The van der Waals surface area contributed by atoms with Gasteiger partial charge in [-0.1, -0.05) is 0 Å². The molecule has 0 amide bonds. The second kappa shape index (κ2) is 9.65. The maximum absolute atomic E-state index is 17.2. The van der Waals surface area contributed by atoms with E-state index in [0.717, 1.165) is 38.5 Å². The summed E-state index contributed by atoms with van der Waals surface area (Å²) in [5.74, 6) is -10.1. The van der Waals surface area contributed by atoms with E-state index in [0.29, 0.717) is 25.7 Å². The van der Waals surface area contributed by atoms with Crippen LogP contribution in [0, 0.1) is 0 Å². The van der Waals surface area contributed by atoms with Crippen LogP contribution in [-0.2, 0) is 3.07 Å². The van der Waals surface area contributed by atoms with Gasteiger partial charge in [-0.25, -0.2) is 0 Å². The molecule has 184 valence electrons.